The van der Waals surface area contributed by atoms with Gasteiger partial charge in [0.1, 0.15) is 0 Å². The van der Waals surface area contributed by atoms with Crippen LogP contribution >= 0.6 is 27.5 Å². The number of nitrogens with zero attached hydrogens (tertiary/aromatic N) is 2. The van der Waals surface area contributed by atoms with E-state index in [0.717, 1.165) is 6.42 Å². The van der Waals surface area contributed by atoms with E-state index in [9.17, 15) is 4.39 Å². The molecule has 90 valence electrons. The zero-order chi connectivity index (χ0) is 12.1. The highest BCUT2D eigenvalue weighted by molar-refractivity contribution is 9.10. The normalized spacial score (nSPS) is 10.9. The first kappa shape index (κ1) is 13.7. The summed E-state index contributed by atoms with van der Waals surface area (Å²) in [5.74, 6) is 0.655. The van der Waals surface area contributed by atoms with Crippen LogP contribution in [0.2, 0.25) is 0 Å². The monoisotopic (exact) mass is 308 g/mol. The first-order valence-corrected chi connectivity index (χ1v) is 6.52. The van der Waals surface area contributed by atoms with E-state index in [1.54, 1.807) is 6.20 Å². The fraction of sp³-hybridized carbons (Fsp3) is 0.545. The van der Waals surface area contributed by atoms with Crippen molar-refractivity contribution in [3.05, 3.63) is 22.6 Å². The van der Waals surface area contributed by atoms with Gasteiger partial charge in [-0.3, -0.25) is 0 Å². The predicted molar refractivity (Wildman–Crippen MR) is 69.7 cm³/mol. The SMILES string of the molecule is CC(C)N(CCCCl)c1ncc(Br)cc1F. The minimum atomic E-state index is -0.308. The molecule has 0 aliphatic carbocycles. The lowest BCUT2D eigenvalue weighted by molar-refractivity contribution is 0.586. The van der Waals surface area contributed by atoms with Crippen LogP contribution in [0, 0.1) is 5.82 Å². The summed E-state index contributed by atoms with van der Waals surface area (Å²) < 4.78 is 14.4. The van der Waals surface area contributed by atoms with Crippen LogP contribution in [0.5, 0.6) is 0 Å². The van der Waals surface area contributed by atoms with Crippen molar-refractivity contribution >= 4 is 33.3 Å². The molecule has 0 spiro atoms. The summed E-state index contributed by atoms with van der Waals surface area (Å²) in [6, 6.07) is 1.63. The molecule has 0 aliphatic rings. The van der Waals surface area contributed by atoms with Crippen molar-refractivity contribution in [2.24, 2.45) is 0 Å². The van der Waals surface area contributed by atoms with E-state index in [2.05, 4.69) is 20.9 Å². The predicted octanol–water partition coefficient (Wildman–Crippen LogP) is 3.83. The van der Waals surface area contributed by atoms with Gasteiger partial charge >= 0.3 is 0 Å². The third-order valence-electron chi connectivity index (χ3n) is 2.22. The average molecular weight is 310 g/mol. The Balaban J connectivity index is 2.92. The summed E-state index contributed by atoms with van der Waals surface area (Å²) in [6.07, 6.45) is 2.42. The maximum absolute atomic E-state index is 13.7. The van der Waals surface area contributed by atoms with Crippen LogP contribution in [0.4, 0.5) is 10.2 Å². The molecule has 0 saturated carbocycles. The summed E-state index contributed by atoms with van der Waals surface area (Å²) in [7, 11) is 0. The number of alkyl halides is 1. The summed E-state index contributed by atoms with van der Waals surface area (Å²) in [4.78, 5) is 6.03. The van der Waals surface area contributed by atoms with Gasteiger partial charge < -0.3 is 4.90 Å². The van der Waals surface area contributed by atoms with Gasteiger partial charge in [0.25, 0.3) is 0 Å². The number of pyridine rings is 1. The van der Waals surface area contributed by atoms with Gasteiger partial charge in [-0.1, -0.05) is 0 Å². The third kappa shape index (κ3) is 3.59. The number of halogens is 3. The molecule has 1 aromatic heterocycles. The third-order valence-corrected chi connectivity index (χ3v) is 2.92. The van der Waals surface area contributed by atoms with E-state index in [4.69, 9.17) is 11.6 Å². The Hall–Kier alpha value is -0.350. The molecule has 0 saturated heterocycles. The Morgan fingerprint density at radius 2 is 2.25 bits per heavy atom. The molecule has 0 unspecified atom stereocenters. The number of aromatic nitrogens is 1. The van der Waals surface area contributed by atoms with Crippen LogP contribution in [0.1, 0.15) is 20.3 Å². The molecule has 0 bridgehead atoms. The summed E-state index contributed by atoms with van der Waals surface area (Å²) >= 11 is 8.85. The van der Waals surface area contributed by atoms with Crippen LogP contribution in [0.25, 0.3) is 0 Å². The fourth-order valence-electron chi connectivity index (χ4n) is 1.46. The molecule has 0 radical (unpaired) electrons. The van der Waals surface area contributed by atoms with Gasteiger partial charge in [-0.05, 0) is 42.3 Å². The number of hydrogen-bond donors (Lipinski definition) is 0. The first-order chi connectivity index (χ1) is 7.56. The van der Waals surface area contributed by atoms with Gasteiger partial charge in [0.15, 0.2) is 11.6 Å². The molecule has 1 aromatic rings. The zero-order valence-corrected chi connectivity index (χ0v) is 11.7. The maximum Gasteiger partial charge on any atom is 0.166 e. The molecule has 0 aromatic carbocycles. The van der Waals surface area contributed by atoms with E-state index in [-0.39, 0.29) is 11.9 Å². The van der Waals surface area contributed by atoms with E-state index in [0.29, 0.717) is 22.7 Å². The van der Waals surface area contributed by atoms with Crippen molar-refractivity contribution in [3.63, 3.8) is 0 Å². The second-order valence-electron chi connectivity index (χ2n) is 3.79. The standard InChI is InChI=1S/C11H15BrClFN2/c1-8(2)16(5-3-4-13)11-10(14)6-9(12)7-15-11/h6-8H,3-5H2,1-2H3. The first-order valence-electron chi connectivity index (χ1n) is 5.20. The van der Waals surface area contributed by atoms with Crippen LogP contribution in [0.3, 0.4) is 0 Å². The smallest absolute Gasteiger partial charge is 0.166 e. The molecule has 0 aliphatic heterocycles. The van der Waals surface area contributed by atoms with E-state index in [1.807, 2.05) is 18.7 Å². The molecule has 1 heterocycles. The van der Waals surface area contributed by atoms with Gasteiger partial charge in [-0.15, -0.1) is 11.6 Å². The minimum absolute atomic E-state index is 0.200. The van der Waals surface area contributed by atoms with E-state index < -0.39 is 0 Å². The molecule has 16 heavy (non-hydrogen) atoms. The van der Waals surface area contributed by atoms with Gasteiger partial charge in [0, 0.05) is 29.1 Å². The Morgan fingerprint density at radius 3 is 2.75 bits per heavy atom. The second-order valence-corrected chi connectivity index (χ2v) is 5.08. The quantitative estimate of drug-likeness (QED) is 0.769. The molecule has 2 nitrogen and oxygen atoms in total. The topological polar surface area (TPSA) is 16.1 Å². The van der Waals surface area contributed by atoms with Crippen molar-refractivity contribution in [1.29, 1.82) is 0 Å². The lowest BCUT2D eigenvalue weighted by atomic mass is 10.2. The molecular formula is C11H15BrClFN2. The van der Waals surface area contributed by atoms with E-state index >= 15 is 0 Å². The van der Waals surface area contributed by atoms with Crippen LogP contribution in [-0.4, -0.2) is 23.5 Å². The molecular weight excluding hydrogens is 294 g/mol. The maximum atomic E-state index is 13.7. The largest absolute Gasteiger partial charge is 0.352 e. The molecule has 0 atom stereocenters. The Kier molecular flexibility index (Phi) is 5.49. The number of hydrogen-bond acceptors (Lipinski definition) is 2. The molecule has 0 fully saturated rings. The lowest BCUT2D eigenvalue weighted by Crippen LogP contribution is -2.33. The van der Waals surface area contributed by atoms with Gasteiger partial charge in [-0.2, -0.15) is 0 Å². The van der Waals surface area contributed by atoms with Gasteiger partial charge in [0.2, 0.25) is 0 Å². The molecule has 0 N–H and O–H groups in total. The Labute approximate surface area is 109 Å². The van der Waals surface area contributed by atoms with Crippen molar-refractivity contribution in [3.8, 4) is 0 Å². The van der Waals surface area contributed by atoms with Crippen LogP contribution < -0.4 is 4.90 Å². The highest BCUT2D eigenvalue weighted by atomic mass is 79.9. The highest BCUT2D eigenvalue weighted by Gasteiger charge is 2.15. The van der Waals surface area contributed by atoms with Crippen molar-refractivity contribution < 1.29 is 4.39 Å². The number of anilines is 1. The highest BCUT2D eigenvalue weighted by Crippen LogP contribution is 2.21. The molecule has 1 rings (SSSR count). The minimum Gasteiger partial charge on any atom is -0.352 e. The van der Waals surface area contributed by atoms with Crippen molar-refractivity contribution in [1.82, 2.24) is 4.98 Å². The lowest BCUT2D eigenvalue weighted by Gasteiger charge is -2.27. The molecule has 5 heteroatoms. The Bertz CT molecular complexity index is 347. The Morgan fingerprint density at radius 1 is 1.56 bits per heavy atom. The average Bonchev–Trinajstić information content (AvgIpc) is 2.20. The van der Waals surface area contributed by atoms with Crippen molar-refractivity contribution in [2.75, 3.05) is 17.3 Å². The second kappa shape index (κ2) is 6.40. The summed E-state index contributed by atoms with van der Waals surface area (Å²) in [6.45, 7) is 4.74. The van der Waals surface area contributed by atoms with Gasteiger partial charge in [-0.25, -0.2) is 9.37 Å². The van der Waals surface area contributed by atoms with Crippen LogP contribution in [0.15, 0.2) is 16.7 Å². The van der Waals surface area contributed by atoms with Crippen LogP contribution in [-0.2, 0) is 0 Å². The van der Waals surface area contributed by atoms with Crippen molar-refractivity contribution in [2.45, 2.75) is 26.3 Å². The number of rotatable bonds is 5. The summed E-state index contributed by atoms with van der Waals surface area (Å²) in [5.41, 5.74) is 0. The van der Waals surface area contributed by atoms with E-state index in [1.165, 1.54) is 6.07 Å². The summed E-state index contributed by atoms with van der Waals surface area (Å²) in [5, 5.41) is 0. The zero-order valence-electron chi connectivity index (χ0n) is 9.38. The fourth-order valence-corrected chi connectivity index (χ4v) is 1.88. The molecule has 0 amide bonds. The van der Waals surface area contributed by atoms with Gasteiger partial charge in [0.05, 0.1) is 0 Å².